The number of rotatable bonds is 4. The van der Waals surface area contributed by atoms with E-state index in [9.17, 15) is 4.79 Å². The number of carbonyl (C=O) groups is 1. The van der Waals surface area contributed by atoms with E-state index in [0.29, 0.717) is 10.9 Å². The zero-order valence-electron chi connectivity index (χ0n) is 11.7. The van der Waals surface area contributed by atoms with Gasteiger partial charge in [0, 0.05) is 23.0 Å². The van der Waals surface area contributed by atoms with Crippen LogP contribution in [-0.4, -0.2) is 30.3 Å². The Hall–Kier alpha value is -0.860. The van der Waals surface area contributed by atoms with Crippen LogP contribution >= 0.6 is 11.6 Å². The highest BCUT2D eigenvalue weighted by Crippen LogP contribution is 2.23. The molecule has 0 N–H and O–H groups in total. The molecule has 0 aliphatic carbocycles. The summed E-state index contributed by atoms with van der Waals surface area (Å²) in [6, 6.07) is 7.27. The molecule has 1 aromatic rings. The van der Waals surface area contributed by atoms with Crippen molar-refractivity contribution in [1.82, 2.24) is 4.90 Å². The van der Waals surface area contributed by atoms with Crippen molar-refractivity contribution in [2.45, 2.75) is 26.7 Å². The molecule has 1 aromatic carbocycles. The van der Waals surface area contributed by atoms with Crippen LogP contribution in [0, 0.1) is 11.8 Å². The normalized spacial score (nSPS) is 17.9. The van der Waals surface area contributed by atoms with E-state index < -0.39 is 0 Å². The van der Waals surface area contributed by atoms with Crippen molar-refractivity contribution in [2.24, 2.45) is 11.8 Å². The summed E-state index contributed by atoms with van der Waals surface area (Å²) in [6.45, 7) is 7.71. The molecule has 0 bridgehead atoms. The van der Waals surface area contributed by atoms with Gasteiger partial charge in [-0.2, -0.15) is 0 Å². The van der Waals surface area contributed by atoms with Gasteiger partial charge in [-0.25, -0.2) is 0 Å². The molecule has 1 aliphatic heterocycles. The highest BCUT2D eigenvalue weighted by Gasteiger charge is 2.25. The lowest BCUT2D eigenvalue weighted by Crippen LogP contribution is -2.38. The van der Waals surface area contributed by atoms with Crippen molar-refractivity contribution >= 4 is 17.4 Å². The molecule has 1 aliphatic rings. The molecule has 0 unspecified atom stereocenters. The number of likely N-dealkylation sites (tertiary alicyclic amines) is 1. The van der Waals surface area contributed by atoms with Crippen molar-refractivity contribution in [3.8, 4) is 0 Å². The van der Waals surface area contributed by atoms with Crippen LogP contribution in [0.1, 0.15) is 37.0 Å². The molecule has 3 heteroatoms. The fourth-order valence-corrected chi connectivity index (χ4v) is 2.87. The summed E-state index contributed by atoms with van der Waals surface area (Å²) in [5.74, 6) is 1.16. The molecule has 1 fully saturated rings. The average Bonchev–Trinajstić information content (AvgIpc) is 2.39. The lowest BCUT2D eigenvalue weighted by Gasteiger charge is -2.32. The molecule has 0 saturated carbocycles. The molecule has 1 saturated heterocycles. The molecular formula is C16H22ClNO. The Bertz CT molecular complexity index is 419. The molecule has 2 rings (SSSR count). The van der Waals surface area contributed by atoms with E-state index in [0.717, 1.165) is 38.0 Å². The summed E-state index contributed by atoms with van der Waals surface area (Å²) in [5.41, 5.74) is 0.798. The van der Waals surface area contributed by atoms with Gasteiger partial charge in [0.25, 0.3) is 0 Å². The Kier molecular flexibility index (Phi) is 5.00. The monoisotopic (exact) mass is 279 g/mol. The SMILES string of the molecule is CC(C)CN1CCC(C(=O)c2ccc(Cl)cc2)CC1. The first-order valence-corrected chi connectivity index (χ1v) is 7.46. The number of piperidine rings is 1. The predicted octanol–water partition coefficient (Wildman–Crippen LogP) is 3.89. The number of halogens is 1. The Morgan fingerprint density at radius 3 is 2.37 bits per heavy atom. The molecule has 1 heterocycles. The number of ketones is 1. The highest BCUT2D eigenvalue weighted by molar-refractivity contribution is 6.30. The van der Waals surface area contributed by atoms with Crippen LogP contribution in [0.25, 0.3) is 0 Å². The van der Waals surface area contributed by atoms with E-state index in [-0.39, 0.29) is 11.7 Å². The summed E-state index contributed by atoms with van der Waals surface area (Å²) in [5, 5.41) is 0.684. The summed E-state index contributed by atoms with van der Waals surface area (Å²) in [6.07, 6.45) is 1.96. The standard InChI is InChI=1S/C16H22ClNO/c1-12(2)11-18-9-7-14(8-10-18)16(19)13-3-5-15(17)6-4-13/h3-6,12,14H,7-11H2,1-2H3. The van der Waals surface area contributed by atoms with Gasteiger partial charge in [0.05, 0.1) is 0 Å². The largest absolute Gasteiger partial charge is 0.303 e. The van der Waals surface area contributed by atoms with Crippen molar-refractivity contribution < 1.29 is 4.79 Å². The summed E-state index contributed by atoms with van der Waals surface area (Å²) >= 11 is 5.85. The molecule has 0 atom stereocenters. The first-order chi connectivity index (χ1) is 9.06. The fraction of sp³-hybridized carbons (Fsp3) is 0.562. The van der Waals surface area contributed by atoms with Gasteiger partial charge in [0.2, 0.25) is 0 Å². The van der Waals surface area contributed by atoms with E-state index in [1.54, 1.807) is 12.1 Å². The maximum atomic E-state index is 12.4. The van der Waals surface area contributed by atoms with Crippen LogP contribution in [0.3, 0.4) is 0 Å². The summed E-state index contributed by atoms with van der Waals surface area (Å²) in [4.78, 5) is 14.8. The highest BCUT2D eigenvalue weighted by atomic mass is 35.5. The zero-order valence-corrected chi connectivity index (χ0v) is 12.5. The van der Waals surface area contributed by atoms with Crippen LogP contribution in [-0.2, 0) is 0 Å². The van der Waals surface area contributed by atoms with Gasteiger partial charge in [-0.3, -0.25) is 4.79 Å². The van der Waals surface area contributed by atoms with E-state index in [4.69, 9.17) is 11.6 Å². The average molecular weight is 280 g/mol. The third kappa shape index (κ3) is 4.05. The van der Waals surface area contributed by atoms with Gasteiger partial charge in [-0.1, -0.05) is 25.4 Å². The molecule has 0 aromatic heterocycles. The maximum absolute atomic E-state index is 12.4. The van der Waals surface area contributed by atoms with E-state index in [1.807, 2.05) is 12.1 Å². The van der Waals surface area contributed by atoms with Crippen LogP contribution in [0.5, 0.6) is 0 Å². The van der Waals surface area contributed by atoms with E-state index in [2.05, 4.69) is 18.7 Å². The Morgan fingerprint density at radius 1 is 1.26 bits per heavy atom. The van der Waals surface area contributed by atoms with E-state index >= 15 is 0 Å². The van der Waals surface area contributed by atoms with Gasteiger partial charge in [0.1, 0.15) is 0 Å². The van der Waals surface area contributed by atoms with Crippen LogP contribution in [0.15, 0.2) is 24.3 Å². The molecule has 19 heavy (non-hydrogen) atoms. The Labute approximate surface area is 120 Å². The number of carbonyl (C=O) groups excluding carboxylic acids is 1. The molecule has 2 nitrogen and oxygen atoms in total. The van der Waals surface area contributed by atoms with E-state index in [1.165, 1.54) is 0 Å². The second kappa shape index (κ2) is 6.53. The number of benzene rings is 1. The van der Waals surface area contributed by atoms with Gasteiger partial charge in [0.15, 0.2) is 5.78 Å². The van der Waals surface area contributed by atoms with Crippen molar-refractivity contribution in [3.05, 3.63) is 34.9 Å². The minimum absolute atomic E-state index is 0.185. The lowest BCUT2D eigenvalue weighted by atomic mass is 9.88. The Morgan fingerprint density at radius 2 is 1.84 bits per heavy atom. The Balaban J connectivity index is 1.90. The zero-order chi connectivity index (χ0) is 13.8. The van der Waals surface area contributed by atoms with Gasteiger partial charge < -0.3 is 4.90 Å². The molecule has 0 radical (unpaired) electrons. The molecular weight excluding hydrogens is 258 g/mol. The minimum Gasteiger partial charge on any atom is -0.303 e. The van der Waals surface area contributed by atoms with Crippen molar-refractivity contribution in [2.75, 3.05) is 19.6 Å². The van der Waals surface area contributed by atoms with Gasteiger partial charge in [-0.05, 0) is 56.1 Å². The molecule has 0 spiro atoms. The quantitative estimate of drug-likeness (QED) is 0.780. The fourth-order valence-electron chi connectivity index (χ4n) is 2.74. The summed E-state index contributed by atoms with van der Waals surface area (Å²) in [7, 11) is 0. The van der Waals surface area contributed by atoms with Gasteiger partial charge >= 0.3 is 0 Å². The van der Waals surface area contributed by atoms with Gasteiger partial charge in [-0.15, -0.1) is 0 Å². The smallest absolute Gasteiger partial charge is 0.166 e. The maximum Gasteiger partial charge on any atom is 0.166 e. The molecule has 104 valence electrons. The second-order valence-electron chi connectivity index (χ2n) is 5.84. The number of Topliss-reactive ketones (excluding diaryl/α,β-unsaturated/α-hetero) is 1. The topological polar surface area (TPSA) is 20.3 Å². The first kappa shape index (κ1) is 14.5. The first-order valence-electron chi connectivity index (χ1n) is 7.08. The third-order valence-corrected chi connectivity index (χ3v) is 3.96. The second-order valence-corrected chi connectivity index (χ2v) is 6.28. The number of hydrogen-bond acceptors (Lipinski definition) is 2. The van der Waals surface area contributed by atoms with Crippen LogP contribution in [0.4, 0.5) is 0 Å². The van der Waals surface area contributed by atoms with Crippen LogP contribution in [0.2, 0.25) is 5.02 Å². The lowest BCUT2D eigenvalue weighted by molar-refractivity contribution is 0.0831. The number of hydrogen-bond donors (Lipinski definition) is 0. The minimum atomic E-state index is 0.185. The third-order valence-electron chi connectivity index (χ3n) is 3.71. The van der Waals surface area contributed by atoms with Crippen molar-refractivity contribution in [1.29, 1.82) is 0 Å². The van der Waals surface area contributed by atoms with Crippen molar-refractivity contribution in [3.63, 3.8) is 0 Å². The number of nitrogens with zero attached hydrogens (tertiary/aromatic N) is 1. The summed E-state index contributed by atoms with van der Waals surface area (Å²) < 4.78 is 0. The van der Waals surface area contributed by atoms with Crippen LogP contribution < -0.4 is 0 Å². The predicted molar refractivity (Wildman–Crippen MR) is 79.8 cm³/mol. The molecule has 0 amide bonds.